The number of hydrogen-bond donors (Lipinski definition) is 2. The van der Waals surface area contributed by atoms with Gasteiger partial charge in [0.1, 0.15) is 5.75 Å². The van der Waals surface area contributed by atoms with Crippen molar-refractivity contribution in [2.24, 2.45) is 5.92 Å². The van der Waals surface area contributed by atoms with Crippen molar-refractivity contribution in [1.82, 2.24) is 10.2 Å². The minimum absolute atomic E-state index is 0.0795. The molecule has 1 atom stereocenters. The van der Waals surface area contributed by atoms with Crippen LogP contribution in [0, 0.1) is 5.92 Å². The van der Waals surface area contributed by atoms with Gasteiger partial charge < -0.3 is 15.4 Å². The molecule has 0 aliphatic carbocycles. The summed E-state index contributed by atoms with van der Waals surface area (Å²) < 4.78 is 29.9. The number of aromatic nitrogens is 2. The topological polar surface area (TPSA) is 76.1 Å². The maximum absolute atomic E-state index is 12.4. The molecule has 10 heteroatoms. The van der Waals surface area contributed by atoms with Gasteiger partial charge in [-0.25, -0.2) is 0 Å². The van der Waals surface area contributed by atoms with E-state index in [1.165, 1.54) is 35.2 Å². The zero-order chi connectivity index (χ0) is 19.1. The number of nitrogens with zero attached hydrogens (tertiary/aromatic N) is 2. The molecule has 2 rings (SSSR count). The van der Waals surface area contributed by atoms with E-state index in [2.05, 4.69) is 39.4 Å². The number of anilines is 2. The van der Waals surface area contributed by atoms with E-state index < -0.39 is 11.9 Å². The van der Waals surface area contributed by atoms with Crippen molar-refractivity contribution in [3.05, 3.63) is 24.3 Å². The molecule has 0 spiro atoms. The Morgan fingerprint density at radius 2 is 2.00 bits per heavy atom. The Bertz CT molecular complexity index is 728. The van der Waals surface area contributed by atoms with E-state index in [4.69, 9.17) is 0 Å². The van der Waals surface area contributed by atoms with Crippen LogP contribution < -0.4 is 15.4 Å². The van der Waals surface area contributed by atoms with Crippen LogP contribution in [0.3, 0.4) is 0 Å². The van der Waals surface area contributed by atoms with Gasteiger partial charge >= 0.3 is 6.61 Å². The lowest BCUT2D eigenvalue weighted by Gasteiger charge is -2.14. The minimum atomic E-state index is -2.96. The molecule has 1 aromatic heterocycles. The summed E-state index contributed by atoms with van der Waals surface area (Å²) in [6.07, 6.45) is 0. The van der Waals surface area contributed by atoms with Crippen LogP contribution in [-0.2, 0) is 4.79 Å². The Morgan fingerprint density at radius 1 is 1.27 bits per heavy atom. The number of para-hydroxylation sites is 2. The second kappa shape index (κ2) is 9.67. The van der Waals surface area contributed by atoms with Gasteiger partial charge in [0.05, 0.1) is 10.9 Å². The van der Waals surface area contributed by atoms with Crippen molar-refractivity contribution in [3.8, 4) is 5.75 Å². The van der Waals surface area contributed by atoms with Crippen molar-refractivity contribution in [1.29, 1.82) is 0 Å². The van der Waals surface area contributed by atoms with Crippen molar-refractivity contribution in [3.63, 3.8) is 0 Å². The summed E-state index contributed by atoms with van der Waals surface area (Å²) in [7, 11) is 0. The molecule has 0 aliphatic heterocycles. The van der Waals surface area contributed by atoms with Gasteiger partial charge in [-0.05, 0) is 25.0 Å². The van der Waals surface area contributed by atoms with E-state index >= 15 is 0 Å². The molecule has 1 heterocycles. The molecule has 0 fully saturated rings. The molecule has 1 amide bonds. The molecule has 0 unspecified atom stereocenters. The van der Waals surface area contributed by atoms with Gasteiger partial charge in [-0.1, -0.05) is 49.1 Å². The number of thioether (sulfide) groups is 1. The zero-order valence-electron chi connectivity index (χ0n) is 14.5. The summed E-state index contributed by atoms with van der Waals surface area (Å²) in [6, 6.07) is 6.06. The lowest BCUT2D eigenvalue weighted by atomic mass is 10.2. The number of ether oxygens (including phenoxy) is 1. The van der Waals surface area contributed by atoms with Crippen molar-refractivity contribution in [2.75, 3.05) is 17.2 Å². The second-order valence-electron chi connectivity index (χ2n) is 5.77. The molecular formula is C16H20F2N4O2S2. The van der Waals surface area contributed by atoms with Crippen LogP contribution in [0.2, 0.25) is 0 Å². The van der Waals surface area contributed by atoms with Crippen LogP contribution in [0.25, 0.3) is 0 Å². The largest absolute Gasteiger partial charge is 0.433 e. The monoisotopic (exact) mass is 402 g/mol. The van der Waals surface area contributed by atoms with Crippen LogP contribution in [0.1, 0.15) is 20.8 Å². The number of nitrogens with one attached hydrogen (secondary N) is 2. The first-order valence-corrected chi connectivity index (χ1v) is 9.63. The van der Waals surface area contributed by atoms with E-state index in [-0.39, 0.29) is 17.3 Å². The Hall–Kier alpha value is -1.94. The quantitative estimate of drug-likeness (QED) is 0.608. The smallest absolute Gasteiger partial charge is 0.387 e. The molecule has 0 saturated heterocycles. The van der Waals surface area contributed by atoms with E-state index in [0.29, 0.717) is 15.4 Å². The molecule has 0 radical (unpaired) electrons. The number of alkyl halides is 2. The lowest BCUT2D eigenvalue weighted by molar-refractivity contribution is -0.115. The average Bonchev–Trinajstić information content (AvgIpc) is 3.01. The molecule has 2 aromatic rings. The highest BCUT2D eigenvalue weighted by Gasteiger charge is 2.19. The Morgan fingerprint density at radius 3 is 2.69 bits per heavy atom. The van der Waals surface area contributed by atoms with Crippen molar-refractivity contribution in [2.45, 2.75) is 37.0 Å². The maximum Gasteiger partial charge on any atom is 0.387 e. The van der Waals surface area contributed by atoms with Crippen molar-refractivity contribution < 1.29 is 18.3 Å². The predicted octanol–water partition coefficient (Wildman–Crippen LogP) is 4.33. The molecule has 142 valence electrons. The molecule has 0 saturated carbocycles. The highest BCUT2D eigenvalue weighted by molar-refractivity contribution is 8.02. The predicted molar refractivity (Wildman–Crippen MR) is 100 cm³/mol. The second-order valence-corrected chi connectivity index (χ2v) is 8.34. The van der Waals surface area contributed by atoms with E-state index in [1.807, 2.05) is 0 Å². The summed E-state index contributed by atoms with van der Waals surface area (Å²) >= 11 is 2.61. The van der Waals surface area contributed by atoms with Gasteiger partial charge in [0, 0.05) is 6.54 Å². The number of hydrogen-bond acceptors (Lipinski definition) is 7. The Kier molecular flexibility index (Phi) is 7.58. The average molecular weight is 402 g/mol. The third kappa shape index (κ3) is 6.41. The van der Waals surface area contributed by atoms with E-state index in [0.717, 1.165) is 6.54 Å². The first-order valence-electron chi connectivity index (χ1n) is 7.94. The molecule has 0 aliphatic rings. The van der Waals surface area contributed by atoms with Gasteiger partial charge in [-0.3, -0.25) is 4.79 Å². The van der Waals surface area contributed by atoms with Gasteiger partial charge in [0.25, 0.3) is 0 Å². The minimum Gasteiger partial charge on any atom is -0.433 e. The van der Waals surface area contributed by atoms with Crippen LogP contribution in [0.15, 0.2) is 28.6 Å². The summed E-state index contributed by atoms with van der Waals surface area (Å²) in [5.41, 5.74) is 0.196. The third-order valence-corrected chi connectivity index (χ3v) is 5.14. The fraction of sp³-hybridized carbons (Fsp3) is 0.438. The Labute approximate surface area is 158 Å². The molecule has 6 nitrogen and oxygen atoms in total. The Balaban J connectivity index is 1.94. The molecule has 1 aromatic carbocycles. The standard InChI is InChI=1S/C16H20F2N4O2S2/c1-9(2)8-19-15-21-22-16(26-15)25-10(3)13(23)20-11-6-4-5-7-12(11)24-14(17)18/h4-7,9-10,14H,8H2,1-3H3,(H,19,21)(H,20,23)/t10-/m1/s1. The lowest BCUT2D eigenvalue weighted by Crippen LogP contribution is -2.23. The number of halogens is 2. The van der Waals surface area contributed by atoms with Gasteiger partial charge in [0.2, 0.25) is 11.0 Å². The summed E-state index contributed by atoms with van der Waals surface area (Å²) in [6.45, 7) is 3.71. The van der Waals surface area contributed by atoms with E-state index in [9.17, 15) is 13.6 Å². The number of amides is 1. The van der Waals surface area contributed by atoms with Crippen LogP contribution in [0.5, 0.6) is 5.75 Å². The highest BCUT2D eigenvalue weighted by Crippen LogP contribution is 2.31. The molecular weight excluding hydrogens is 382 g/mol. The number of rotatable bonds is 9. The molecule has 2 N–H and O–H groups in total. The molecule has 0 bridgehead atoms. The summed E-state index contributed by atoms with van der Waals surface area (Å²) in [5, 5.41) is 14.1. The third-order valence-electron chi connectivity index (χ3n) is 3.08. The first kappa shape index (κ1) is 20.4. The maximum atomic E-state index is 12.4. The normalized spacial score (nSPS) is 12.3. The van der Waals surface area contributed by atoms with E-state index in [1.54, 1.807) is 19.1 Å². The summed E-state index contributed by atoms with van der Waals surface area (Å²) in [5.74, 6) is 0.0616. The number of benzene rings is 1. The number of carbonyl (C=O) groups is 1. The molecule has 26 heavy (non-hydrogen) atoms. The van der Waals surface area contributed by atoms with Crippen molar-refractivity contribution >= 4 is 39.8 Å². The fourth-order valence-electron chi connectivity index (χ4n) is 1.83. The van der Waals surface area contributed by atoms with Crippen LogP contribution in [0.4, 0.5) is 19.6 Å². The SMILES string of the molecule is CC(C)CNc1nnc(S[C@H](C)C(=O)Nc2ccccc2OC(F)F)s1. The van der Waals surface area contributed by atoms with Crippen LogP contribution in [-0.4, -0.2) is 34.5 Å². The van der Waals surface area contributed by atoms with Gasteiger partial charge in [0.15, 0.2) is 4.34 Å². The van der Waals surface area contributed by atoms with Gasteiger partial charge in [-0.15, -0.1) is 10.2 Å². The zero-order valence-corrected chi connectivity index (χ0v) is 16.2. The van der Waals surface area contributed by atoms with Gasteiger partial charge in [-0.2, -0.15) is 8.78 Å². The number of carbonyl (C=O) groups excluding carboxylic acids is 1. The fourth-order valence-corrected chi connectivity index (χ4v) is 3.73. The summed E-state index contributed by atoms with van der Waals surface area (Å²) in [4.78, 5) is 12.3. The van der Waals surface area contributed by atoms with Crippen LogP contribution >= 0.6 is 23.1 Å². The highest BCUT2D eigenvalue weighted by atomic mass is 32.2. The first-order chi connectivity index (χ1) is 12.3.